The summed E-state index contributed by atoms with van der Waals surface area (Å²) >= 11 is 0. The molecule has 1 nitrogen and oxygen atoms in total. The summed E-state index contributed by atoms with van der Waals surface area (Å²) in [6.07, 6.45) is 17.8. The third-order valence-corrected chi connectivity index (χ3v) is 5.08. The maximum atomic E-state index is 5.51. The van der Waals surface area contributed by atoms with E-state index in [1.165, 1.54) is 89.0 Å². The molecule has 1 rings (SSSR count). The van der Waals surface area contributed by atoms with Gasteiger partial charge in [-0.15, -0.1) is 0 Å². The van der Waals surface area contributed by atoms with Gasteiger partial charge in [0.15, 0.2) is 0 Å². The smallest absolute Gasteiger partial charge is 0.00773 e. The lowest BCUT2D eigenvalue weighted by molar-refractivity contribution is 0.316. The molecule has 1 aromatic carbocycles. The highest BCUT2D eigenvalue weighted by molar-refractivity contribution is 5.16. The molecule has 0 unspecified atom stereocenters. The van der Waals surface area contributed by atoms with E-state index < -0.39 is 0 Å². The van der Waals surface area contributed by atoms with Crippen LogP contribution < -0.4 is 5.73 Å². The molecule has 0 radical (unpaired) electrons. The Hall–Kier alpha value is -0.820. The van der Waals surface area contributed by atoms with E-state index in [-0.39, 0.29) is 0 Å². The van der Waals surface area contributed by atoms with Crippen LogP contribution in [-0.2, 0) is 6.42 Å². The molecule has 0 saturated heterocycles. The Balaban J connectivity index is 1.92. The summed E-state index contributed by atoms with van der Waals surface area (Å²) in [5.41, 5.74) is 7.43. The quantitative estimate of drug-likeness (QED) is 0.348. The highest BCUT2D eigenvalue weighted by Gasteiger charge is 2.17. The molecular weight excluding hydrogens is 290 g/mol. The second-order valence-corrected chi connectivity index (χ2v) is 8.25. The number of hydrogen-bond donors (Lipinski definition) is 1. The highest BCUT2D eigenvalue weighted by Crippen LogP contribution is 2.28. The van der Waals surface area contributed by atoms with Gasteiger partial charge in [0, 0.05) is 0 Å². The van der Waals surface area contributed by atoms with Crippen LogP contribution >= 0.6 is 0 Å². The number of unbranched alkanes of at least 4 members (excludes halogenated alkanes) is 10. The van der Waals surface area contributed by atoms with Gasteiger partial charge in [-0.05, 0) is 36.8 Å². The first-order valence-electron chi connectivity index (χ1n) is 10.4. The molecule has 0 aliphatic rings. The normalized spacial score (nSPS) is 11.8. The van der Waals surface area contributed by atoms with Crippen molar-refractivity contribution in [1.29, 1.82) is 0 Å². The highest BCUT2D eigenvalue weighted by atomic mass is 14.5. The largest absolute Gasteiger partial charge is 0.330 e. The van der Waals surface area contributed by atoms with Crippen molar-refractivity contribution in [3.63, 3.8) is 0 Å². The fourth-order valence-corrected chi connectivity index (χ4v) is 3.58. The van der Waals surface area contributed by atoms with E-state index in [2.05, 4.69) is 44.2 Å². The molecule has 1 aromatic rings. The van der Waals surface area contributed by atoms with Crippen LogP contribution in [0.5, 0.6) is 0 Å². The van der Waals surface area contributed by atoms with Gasteiger partial charge in [0.1, 0.15) is 0 Å². The van der Waals surface area contributed by atoms with E-state index in [0.717, 1.165) is 6.54 Å². The molecule has 0 heterocycles. The van der Waals surface area contributed by atoms with Gasteiger partial charge in [-0.1, -0.05) is 108 Å². The minimum atomic E-state index is 0.435. The first-order chi connectivity index (χ1) is 11.6. The monoisotopic (exact) mass is 331 g/mol. The zero-order valence-electron chi connectivity index (χ0n) is 16.4. The molecule has 0 fully saturated rings. The zero-order valence-corrected chi connectivity index (χ0v) is 16.4. The Bertz CT molecular complexity index is 382. The predicted octanol–water partition coefficient (Wildman–Crippen LogP) is 6.90. The van der Waals surface area contributed by atoms with Crippen LogP contribution in [-0.4, -0.2) is 6.54 Å². The minimum Gasteiger partial charge on any atom is -0.330 e. The summed E-state index contributed by atoms with van der Waals surface area (Å²) in [6.45, 7) is 5.71. The maximum Gasteiger partial charge on any atom is -0.00773 e. The Labute approximate surface area is 151 Å². The van der Waals surface area contributed by atoms with Gasteiger partial charge in [-0.2, -0.15) is 0 Å². The summed E-state index contributed by atoms with van der Waals surface area (Å²) in [4.78, 5) is 0. The van der Waals surface area contributed by atoms with Crippen molar-refractivity contribution in [2.45, 2.75) is 97.3 Å². The van der Waals surface area contributed by atoms with Crippen LogP contribution in [0.25, 0.3) is 0 Å². The molecule has 0 saturated carbocycles. The molecule has 0 aliphatic carbocycles. The number of benzene rings is 1. The van der Waals surface area contributed by atoms with Crippen molar-refractivity contribution in [2.24, 2.45) is 11.1 Å². The maximum absolute atomic E-state index is 5.51. The van der Waals surface area contributed by atoms with Crippen molar-refractivity contribution in [3.8, 4) is 0 Å². The third kappa shape index (κ3) is 11.7. The van der Waals surface area contributed by atoms with Crippen LogP contribution in [0.15, 0.2) is 30.3 Å². The lowest BCUT2D eigenvalue weighted by atomic mass is 9.81. The SMILES string of the molecule is CC(C)(CCCCCCCCCCCCCN)Cc1ccccc1. The summed E-state index contributed by atoms with van der Waals surface area (Å²) in [6, 6.07) is 10.9. The topological polar surface area (TPSA) is 26.0 Å². The second kappa shape index (κ2) is 13.5. The van der Waals surface area contributed by atoms with Crippen LogP contribution in [0.2, 0.25) is 0 Å². The van der Waals surface area contributed by atoms with Crippen molar-refractivity contribution in [1.82, 2.24) is 0 Å². The Kier molecular flexibility index (Phi) is 11.9. The Morgan fingerprint density at radius 1 is 0.667 bits per heavy atom. The number of hydrogen-bond acceptors (Lipinski definition) is 1. The van der Waals surface area contributed by atoms with Crippen LogP contribution in [0.3, 0.4) is 0 Å². The molecule has 0 amide bonds. The molecule has 138 valence electrons. The molecular formula is C23H41N. The van der Waals surface area contributed by atoms with Gasteiger partial charge in [-0.3, -0.25) is 0 Å². The summed E-state index contributed by atoms with van der Waals surface area (Å²) < 4.78 is 0. The molecule has 1 heteroatoms. The molecule has 0 aromatic heterocycles. The van der Waals surface area contributed by atoms with E-state index in [9.17, 15) is 0 Å². The average molecular weight is 332 g/mol. The van der Waals surface area contributed by atoms with Crippen molar-refractivity contribution in [2.75, 3.05) is 6.54 Å². The van der Waals surface area contributed by atoms with Gasteiger partial charge in [0.25, 0.3) is 0 Å². The average Bonchev–Trinajstić information content (AvgIpc) is 2.56. The van der Waals surface area contributed by atoms with Gasteiger partial charge < -0.3 is 5.73 Å². The van der Waals surface area contributed by atoms with Crippen LogP contribution in [0.1, 0.15) is 96.5 Å². The molecule has 2 N–H and O–H groups in total. The van der Waals surface area contributed by atoms with Gasteiger partial charge >= 0.3 is 0 Å². The predicted molar refractivity (Wildman–Crippen MR) is 108 cm³/mol. The molecule has 0 spiro atoms. The van der Waals surface area contributed by atoms with E-state index in [4.69, 9.17) is 5.73 Å². The van der Waals surface area contributed by atoms with Crippen LogP contribution in [0, 0.1) is 5.41 Å². The second-order valence-electron chi connectivity index (χ2n) is 8.25. The summed E-state index contributed by atoms with van der Waals surface area (Å²) in [5, 5.41) is 0. The first kappa shape index (κ1) is 21.2. The number of rotatable bonds is 15. The van der Waals surface area contributed by atoms with Gasteiger partial charge in [0.2, 0.25) is 0 Å². The Morgan fingerprint density at radius 3 is 1.62 bits per heavy atom. The van der Waals surface area contributed by atoms with Gasteiger partial charge in [0.05, 0.1) is 0 Å². The molecule has 24 heavy (non-hydrogen) atoms. The fraction of sp³-hybridized carbons (Fsp3) is 0.739. The van der Waals surface area contributed by atoms with Gasteiger partial charge in [-0.25, -0.2) is 0 Å². The van der Waals surface area contributed by atoms with Crippen molar-refractivity contribution >= 4 is 0 Å². The summed E-state index contributed by atoms with van der Waals surface area (Å²) in [5.74, 6) is 0. The van der Waals surface area contributed by atoms with Crippen molar-refractivity contribution < 1.29 is 0 Å². The van der Waals surface area contributed by atoms with Crippen molar-refractivity contribution in [3.05, 3.63) is 35.9 Å². The standard InChI is InChI=1S/C23H41N/c1-23(2,21-22-17-13-12-14-18-22)19-15-10-8-6-4-3-5-7-9-11-16-20-24/h12-14,17-18H,3-11,15-16,19-21,24H2,1-2H3. The van der Waals surface area contributed by atoms with E-state index >= 15 is 0 Å². The molecule has 0 aliphatic heterocycles. The van der Waals surface area contributed by atoms with E-state index in [0.29, 0.717) is 5.41 Å². The minimum absolute atomic E-state index is 0.435. The Morgan fingerprint density at radius 2 is 1.12 bits per heavy atom. The lowest BCUT2D eigenvalue weighted by Gasteiger charge is -2.24. The zero-order chi connectivity index (χ0) is 17.5. The van der Waals surface area contributed by atoms with E-state index in [1.54, 1.807) is 0 Å². The number of nitrogens with two attached hydrogens (primary N) is 1. The fourth-order valence-electron chi connectivity index (χ4n) is 3.58. The third-order valence-electron chi connectivity index (χ3n) is 5.08. The summed E-state index contributed by atoms with van der Waals surface area (Å²) in [7, 11) is 0. The van der Waals surface area contributed by atoms with E-state index in [1.807, 2.05) is 0 Å². The molecule has 0 atom stereocenters. The van der Waals surface area contributed by atoms with Crippen LogP contribution in [0.4, 0.5) is 0 Å². The molecule has 0 bridgehead atoms. The first-order valence-corrected chi connectivity index (χ1v) is 10.4. The lowest BCUT2D eigenvalue weighted by Crippen LogP contribution is -2.14.